The number of quaternary nitrogens is 1. The number of thiophene rings is 1. The number of amides is 1. The molecule has 4 nitrogen and oxygen atoms in total. The third kappa shape index (κ3) is 3.07. The lowest BCUT2D eigenvalue weighted by Crippen LogP contribution is -3.13. The number of rotatable bonds is 3. The maximum absolute atomic E-state index is 13.9. The van der Waals surface area contributed by atoms with Crippen molar-refractivity contribution in [3.63, 3.8) is 0 Å². The van der Waals surface area contributed by atoms with E-state index in [2.05, 4.69) is 16.8 Å². The van der Waals surface area contributed by atoms with Crippen LogP contribution in [0.25, 0.3) is 11.0 Å². The van der Waals surface area contributed by atoms with Gasteiger partial charge in [0.2, 0.25) is 0 Å². The molecule has 1 aliphatic rings. The Kier molecular flexibility index (Phi) is 4.31. The number of furan rings is 1. The lowest BCUT2D eigenvalue weighted by atomic mass is 10.1. The first-order valence-electron chi connectivity index (χ1n) is 8.45. The number of aryl methyl sites for hydroxylation is 1. The van der Waals surface area contributed by atoms with Crippen LogP contribution in [0.5, 0.6) is 0 Å². The summed E-state index contributed by atoms with van der Waals surface area (Å²) in [5.74, 6) is -0.297. The SMILES string of the molecule is Cc1c(C(=O)N2CC[NH+](Cc3ccsc3)CC2)oc2c(F)cccc12. The monoisotopic (exact) mass is 359 g/mol. The van der Waals surface area contributed by atoms with Crippen molar-refractivity contribution < 1.29 is 18.5 Å². The molecule has 3 aromatic rings. The van der Waals surface area contributed by atoms with Gasteiger partial charge in [-0.1, -0.05) is 12.1 Å². The summed E-state index contributed by atoms with van der Waals surface area (Å²) in [7, 11) is 0. The van der Waals surface area contributed by atoms with Crippen LogP contribution < -0.4 is 4.90 Å². The largest absolute Gasteiger partial charge is 0.448 e. The van der Waals surface area contributed by atoms with Crippen molar-refractivity contribution in [1.82, 2.24) is 4.90 Å². The van der Waals surface area contributed by atoms with Crippen LogP contribution in [-0.2, 0) is 6.54 Å². The van der Waals surface area contributed by atoms with E-state index in [-0.39, 0.29) is 17.3 Å². The maximum Gasteiger partial charge on any atom is 0.290 e. The van der Waals surface area contributed by atoms with E-state index in [0.717, 1.165) is 19.6 Å². The minimum Gasteiger partial charge on any atom is -0.448 e. The van der Waals surface area contributed by atoms with Gasteiger partial charge in [0.1, 0.15) is 6.54 Å². The van der Waals surface area contributed by atoms with Crippen LogP contribution in [0.4, 0.5) is 4.39 Å². The minimum atomic E-state index is -0.426. The van der Waals surface area contributed by atoms with Gasteiger partial charge in [-0.3, -0.25) is 4.79 Å². The van der Waals surface area contributed by atoms with Crippen molar-refractivity contribution in [3.8, 4) is 0 Å². The summed E-state index contributed by atoms with van der Waals surface area (Å²) in [6, 6.07) is 6.94. The smallest absolute Gasteiger partial charge is 0.290 e. The van der Waals surface area contributed by atoms with Crippen LogP contribution in [0.3, 0.4) is 0 Å². The topological polar surface area (TPSA) is 37.9 Å². The predicted octanol–water partition coefficient (Wildman–Crippen LogP) is 2.48. The highest BCUT2D eigenvalue weighted by Gasteiger charge is 2.28. The number of carbonyl (C=O) groups excluding carboxylic acids is 1. The van der Waals surface area contributed by atoms with E-state index in [9.17, 15) is 9.18 Å². The molecule has 3 heterocycles. The third-order valence-corrected chi connectivity index (χ3v) is 5.63. The third-order valence-electron chi connectivity index (χ3n) is 4.90. The molecule has 1 amide bonds. The van der Waals surface area contributed by atoms with Crippen LogP contribution in [0.15, 0.2) is 39.4 Å². The van der Waals surface area contributed by atoms with Crippen molar-refractivity contribution in [2.24, 2.45) is 0 Å². The van der Waals surface area contributed by atoms with E-state index < -0.39 is 5.82 Å². The fourth-order valence-electron chi connectivity index (χ4n) is 3.44. The standard InChI is InChI=1S/C19H19FN2O2S/c1-13-15-3-2-4-16(20)18(15)24-17(13)19(23)22-8-6-21(7-9-22)11-14-5-10-25-12-14/h2-5,10,12H,6-9,11H2,1H3/p+1. The van der Waals surface area contributed by atoms with Crippen LogP contribution in [-0.4, -0.2) is 37.0 Å². The van der Waals surface area contributed by atoms with Gasteiger partial charge in [0, 0.05) is 16.5 Å². The van der Waals surface area contributed by atoms with E-state index in [1.165, 1.54) is 16.5 Å². The summed E-state index contributed by atoms with van der Waals surface area (Å²) < 4.78 is 19.5. The first-order valence-corrected chi connectivity index (χ1v) is 9.39. The lowest BCUT2D eigenvalue weighted by Gasteiger charge is -2.31. The van der Waals surface area contributed by atoms with Crippen molar-refractivity contribution in [3.05, 3.63) is 57.7 Å². The van der Waals surface area contributed by atoms with Gasteiger partial charge in [-0.15, -0.1) is 0 Å². The Bertz CT molecular complexity index is 896. The van der Waals surface area contributed by atoms with Crippen molar-refractivity contribution in [2.75, 3.05) is 26.2 Å². The molecule has 1 N–H and O–H groups in total. The summed E-state index contributed by atoms with van der Waals surface area (Å²) >= 11 is 1.71. The average molecular weight is 359 g/mol. The molecule has 0 atom stereocenters. The number of halogens is 1. The fourth-order valence-corrected chi connectivity index (χ4v) is 4.11. The van der Waals surface area contributed by atoms with Gasteiger partial charge in [-0.2, -0.15) is 11.3 Å². The molecular formula is C19H20FN2O2S+. The van der Waals surface area contributed by atoms with Crippen molar-refractivity contribution in [1.29, 1.82) is 0 Å². The quantitative estimate of drug-likeness (QED) is 0.780. The molecule has 1 aromatic carbocycles. The molecule has 2 aromatic heterocycles. The molecule has 1 aliphatic heterocycles. The van der Waals surface area contributed by atoms with E-state index >= 15 is 0 Å². The number of hydrogen-bond donors (Lipinski definition) is 1. The zero-order valence-electron chi connectivity index (χ0n) is 14.0. The second kappa shape index (κ2) is 6.61. The molecule has 4 rings (SSSR count). The second-order valence-corrected chi connectivity index (χ2v) is 7.30. The summed E-state index contributed by atoms with van der Waals surface area (Å²) in [5, 5.41) is 4.94. The molecule has 0 saturated carbocycles. The molecule has 0 bridgehead atoms. The maximum atomic E-state index is 13.9. The fraction of sp³-hybridized carbons (Fsp3) is 0.316. The van der Waals surface area contributed by atoms with Gasteiger partial charge < -0.3 is 14.2 Å². The Balaban J connectivity index is 1.47. The molecule has 1 fully saturated rings. The van der Waals surface area contributed by atoms with Crippen LogP contribution >= 0.6 is 11.3 Å². The highest BCUT2D eigenvalue weighted by atomic mass is 32.1. The van der Waals surface area contributed by atoms with Gasteiger partial charge in [-0.25, -0.2) is 4.39 Å². The first kappa shape index (κ1) is 16.3. The highest BCUT2D eigenvalue weighted by molar-refractivity contribution is 7.07. The van der Waals surface area contributed by atoms with E-state index in [1.54, 1.807) is 23.5 Å². The summed E-state index contributed by atoms with van der Waals surface area (Å²) in [6.45, 7) is 6.02. The van der Waals surface area contributed by atoms with Gasteiger partial charge in [0.05, 0.1) is 26.2 Å². The summed E-state index contributed by atoms with van der Waals surface area (Å²) in [5.41, 5.74) is 2.24. The summed E-state index contributed by atoms with van der Waals surface area (Å²) in [6.07, 6.45) is 0. The van der Waals surface area contributed by atoms with Crippen molar-refractivity contribution in [2.45, 2.75) is 13.5 Å². The van der Waals surface area contributed by atoms with Gasteiger partial charge >= 0.3 is 0 Å². The number of fused-ring (bicyclic) bond motifs is 1. The average Bonchev–Trinajstić information content (AvgIpc) is 3.24. The van der Waals surface area contributed by atoms with Gasteiger partial charge in [0.15, 0.2) is 17.2 Å². The molecule has 0 radical (unpaired) electrons. The zero-order chi connectivity index (χ0) is 17.4. The number of hydrogen-bond acceptors (Lipinski definition) is 3. The highest BCUT2D eigenvalue weighted by Crippen LogP contribution is 2.28. The Morgan fingerprint density at radius 3 is 2.80 bits per heavy atom. The Morgan fingerprint density at radius 2 is 2.12 bits per heavy atom. The molecule has 0 spiro atoms. The first-order chi connectivity index (χ1) is 12.1. The van der Waals surface area contributed by atoms with Crippen LogP contribution in [0, 0.1) is 12.7 Å². The van der Waals surface area contributed by atoms with E-state index in [4.69, 9.17) is 4.42 Å². The molecule has 130 valence electrons. The molecule has 6 heteroatoms. The predicted molar refractivity (Wildman–Crippen MR) is 95.5 cm³/mol. The minimum absolute atomic E-state index is 0.136. The molecule has 0 aliphatic carbocycles. The number of carbonyl (C=O) groups is 1. The Labute approximate surface area is 149 Å². The number of benzene rings is 1. The zero-order valence-corrected chi connectivity index (χ0v) is 14.9. The number of nitrogens with zero attached hydrogens (tertiary/aromatic N) is 1. The van der Waals surface area contributed by atoms with Gasteiger partial charge in [-0.05, 0) is 29.8 Å². The molecular weight excluding hydrogens is 339 g/mol. The normalized spacial score (nSPS) is 15.8. The van der Waals surface area contributed by atoms with E-state index in [0.29, 0.717) is 24.0 Å². The number of nitrogens with one attached hydrogen (secondary N) is 1. The molecule has 0 unspecified atom stereocenters. The Hall–Kier alpha value is -2.18. The van der Waals surface area contributed by atoms with Crippen molar-refractivity contribution >= 4 is 28.2 Å². The number of piperazine rings is 1. The van der Waals surface area contributed by atoms with Crippen LogP contribution in [0.2, 0.25) is 0 Å². The summed E-state index contributed by atoms with van der Waals surface area (Å²) in [4.78, 5) is 16.1. The van der Waals surface area contributed by atoms with Gasteiger partial charge in [0.25, 0.3) is 5.91 Å². The Morgan fingerprint density at radius 1 is 1.32 bits per heavy atom. The number of para-hydroxylation sites is 1. The molecule has 1 saturated heterocycles. The lowest BCUT2D eigenvalue weighted by molar-refractivity contribution is -0.917. The molecule has 25 heavy (non-hydrogen) atoms. The second-order valence-electron chi connectivity index (χ2n) is 6.52. The van der Waals surface area contributed by atoms with Crippen LogP contribution in [0.1, 0.15) is 21.7 Å². The van der Waals surface area contributed by atoms with E-state index in [1.807, 2.05) is 11.8 Å².